The monoisotopic (exact) mass is 522 g/mol. The molecule has 0 atom stereocenters. The lowest BCUT2D eigenvalue weighted by atomic mass is 10.00. The van der Waals surface area contributed by atoms with E-state index in [0.717, 1.165) is 61.0 Å². The van der Waals surface area contributed by atoms with E-state index in [1.54, 1.807) is 12.1 Å². The average Bonchev–Trinajstić information content (AvgIpc) is 3.64. The number of benzene rings is 6. The van der Waals surface area contributed by atoms with Gasteiger partial charge in [0.1, 0.15) is 22.7 Å². The molecule has 0 saturated heterocycles. The molecule has 6 aromatic carbocycles. The summed E-state index contributed by atoms with van der Waals surface area (Å²) in [6, 6.07) is 37.9. The third kappa shape index (κ3) is 3.32. The standard InChI is InChI=1S/C33H19FN4S/c34-21-16-14-20(15-17-21)23-18-19-28(30-29(23)36-39-37-30)33-35-31-26-12-6-4-10-24(26)25-11-5-7-13-27(25)32(31)38(33)22-8-2-1-3-9-22/h1-19H. The zero-order valence-corrected chi connectivity index (χ0v) is 21.4. The molecule has 0 aliphatic heterocycles. The summed E-state index contributed by atoms with van der Waals surface area (Å²) < 4.78 is 25.3. The van der Waals surface area contributed by atoms with Crippen molar-refractivity contribution in [1.82, 2.24) is 18.3 Å². The van der Waals surface area contributed by atoms with Crippen molar-refractivity contribution in [2.24, 2.45) is 0 Å². The van der Waals surface area contributed by atoms with Crippen molar-refractivity contribution in [3.63, 3.8) is 0 Å². The summed E-state index contributed by atoms with van der Waals surface area (Å²) in [5.41, 5.74) is 7.31. The number of aromatic nitrogens is 4. The van der Waals surface area contributed by atoms with Gasteiger partial charge < -0.3 is 0 Å². The van der Waals surface area contributed by atoms with Gasteiger partial charge in [0.2, 0.25) is 0 Å². The van der Waals surface area contributed by atoms with Crippen LogP contribution in [0.15, 0.2) is 115 Å². The van der Waals surface area contributed by atoms with E-state index in [0.29, 0.717) is 0 Å². The second-order valence-corrected chi connectivity index (χ2v) is 10.1. The molecular formula is C33H19FN4S. The van der Waals surface area contributed by atoms with Crippen LogP contribution in [0.1, 0.15) is 0 Å². The number of hydrogen-bond acceptors (Lipinski definition) is 4. The highest BCUT2D eigenvalue weighted by Gasteiger charge is 2.23. The van der Waals surface area contributed by atoms with E-state index < -0.39 is 0 Å². The quantitative estimate of drug-likeness (QED) is 0.218. The van der Waals surface area contributed by atoms with Gasteiger partial charge >= 0.3 is 0 Å². The lowest BCUT2D eigenvalue weighted by Crippen LogP contribution is -1.99. The second kappa shape index (κ2) is 8.55. The number of para-hydroxylation sites is 1. The Kier molecular flexibility index (Phi) is 4.84. The molecule has 0 saturated carbocycles. The van der Waals surface area contributed by atoms with Crippen molar-refractivity contribution in [3.8, 4) is 28.2 Å². The Labute approximate surface area is 226 Å². The second-order valence-electron chi connectivity index (χ2n) is 9.52. The zero-order chi connectivity index (χ0) is 25.9. The van der Waals surface area contributed by atoms with Crippen LogP contribution in [0.4, 0.5) is 4.39 Å². The summed E-state index contributed by atoms with van der Waals surface area (Å²) >= 11 is 1.18. The Hall–Kier alpha value is -4.94. The lowest BCUT2D eigenvalue weighted by Gasteiger charge is -2.13. The van der Waals surface area contributed by atoms with E-state index in [1.807, 2.05) is 24.3 Å². The summed E-state index contributed by atoms with van der Waals surface area (Å²) in [6.45, 7) is 0. The largest absolute Gasteiger partial charge is 0.292 e. The fourth-order valence-corrected chi connectivity index (χ4v) is 6.20. The molecule has 0 bridgehead atoms. The van der Waals surface area contributed by atoms with Crippen LogP contribution in [0.5, 0.6) is 0 Å². The molecule has 6 heteroatoms. The Balaban J connectivity index is 1.51. The maximum absolute atomic E-state index is 13.6. The predicted octanol–water partition coefficient (Wildman–Crippen LogP) is 8.81. The maximum Gasteiger partial charge on any atom is 0.148 e. The summed E-state index contributed by atoms with van der Waals surface area (Å²) in [6.07, 6.45) is 0. The Morgan fingerprint density at radius 1 is 0.538 bits per heavy atom. The first kappa shape index (κ1) is 22.1. The first-order valence-electron chi connectivity index (χ1n) is 12.7. The highest BCUT2D eigenvalue weighted by molar-refractivity contribution is 7.00. The van der Waals surface area contributed by atoms with E-state index in [2.05, 4.69) is 75.7 Å². The molecule has 4 nitrogen and oxygen atoms in total. The Morgan fingerprint density at radius 2 is 1.13 bits per heavy atom. The zero-order valence-electron chi connectivity index (χ0n) is 20.5. The minimum absolute atomic E-state index is 0.265. The molecule has 2 heterocycles. The van der Waals surface area contributed by atoms with E-state index in [9.17, 15) is 4.39 Å². The molecule has 0 radical (unpaired) electrons. The van der Waals surface area contributed by atoms with Gasteiger partial charge in [-0.3, -0.25) is 4.57 Å². The molecule has 0 fully saturated rings. The normalized spacial score (nSPS) is 11.7. The molecule has 0 amide bonds. The van der Waals surface area contributed by atoms with E-state index in [4.69, 9.17) is 9.36 Å². The third-order valence-corrected chi connectivity index (χ3v) is 7.89. The number of fused-ring (bicyclic) bond motifs is 7. The van der Waals surface area contributed by atoms with Crippen LogP contribution < -0.4 is 0 Å². The number of imidazole rings is 1. The summed E-state index contributed by atoms with van der Waals surface area (Å²) in [5.74, 6) is 0.542. The number of halogens is 1. The van der Waals surface area contributed by atoms with Gasteiger partial charge in [-0.2, -0.15) is 8.75 Å². The van der Waals surface area contributed by atoms with E-state index in [1.165, 1.54) is 34.6 Å². The summed E-state index contributed by atoms with van der Waals surface area (Å²) in [4.78, 5) is 5.33. The van der Waals surface area contributed by atoms with Crippen LogP contribution in [-0.2, 0) is 0 Å². The molecule has 0 N–H and O–H groups in total. The van der Waals surface area contributed by atoms with Crippen molar-refractivity contribution < 1.29 is 4.39 Å². The Bertz CT molecular complexity index is 2180. The molecule has 39 heavy (non-hydrogen) atoms. The smallest absolute Gasteiger partial charge is 0.148 e. The van der Waals surface area contributed by atoms with Crippen LogP contribution in [0.25, 0.3) is 71.8 Å². The number of rotatable bonds is 3. The minimum atomic E-state index is -0.265. The van der Waals surface area contributed by atoms with Crippen LogP contribution in [0.3, 0.4) is 0 Å². The molecule has 0 spiro atoms. The molecule has 8 aromatic rings. The van der Waals surface area contributed by atoms with Crippen LogP contribution in [0.2, 0.25) is 0 Å². The number of hydrogen-bond donors (Lipinski definition) is 0. The molecule has 2 aromatic heterocycles. The molecule has 0 aliphatic carbocycles. The fraction of sp³-hybridized carbons (Fsp3) is 0. The van der Waals surface area contributed by atoms with Gasteiger partial charge in [0, 0.05) is 27.6 Å². The van der Waals surface area contributed by atoms with Crippen molar-refractivity contribution in [1.29, 1.82) is 0 Å². The van der Waals surface area contributed by atoms with Gasteiger partial charge in [-0.1, -0.05) is 84.9 Å². The molecule has 0 unspecified atom stereocenters. The van der Waals surface area contributed by atoms with Gasteiger partial charge in [-0.25, -0.2) is 9.37 Å². The molecular weight excluding hydrogens is 503 g/mol. The first-order valence-corrected chi connectivity index (χ1v) is 13.4. The van der Waals surface area contributed by atoms with Gasteiger partial charge in [0.05, 0.1) is 22.8 Å². The van der Waals surface area contributed by atoms with Gasteiger partial charge in [0.25, 0.3) is 0 Å². The SMILES string of the molecule is Fc1ccc(-c2ccc(-c3nc4c5ccccc5c5ccccc5c4n3-c3ccccc3)c3nsnc23)cc1. The topological polar surface area (TPSA) is 43.6 Å². The van der Waals surface area contributed by atoms with Crippen LogP contribution >= 0.6 is 11.7 Å². The van der Waals surface area contributed by atoms with Crippen molar-refractivity contribution >= 4 is 55.3 Å². The third-order valence-electron chi connectivity index (χ3n) is 7.36. The lowest BCUT2D eigenvalue weighted by molar-refractivity contribution is 0.628. The van der Waals surface area contributed by atoms with Crippen molar-refractivity contribution in [2.45, 2.75) is 0 Å². The summed E-state index contributed by atoms with van der Waals surface area (Å²) in [7, 11) is 0. The van der Waals surface area contributed by atoms with Crippen molar-refractivity contribution in [3.05, 3.63) is 121 Å². The maximum atomic E-state index is 13.6. The molecule has 184 valence electrons. The minimum Gasteiger partial charge on any atom is -0.292 e. The first-order chi connectivity index (χ1) is 19.3. The van der Waals surface area contributed by atoms with Crippen LogP contribution in [0, 0.1) is 5.82 Å². The molecule has 8 rings (SSSR count). The fourth-order valence-electron chi connectivity index (χ4n) is 5.62. The van der Waals surface area contributed by atoms with E-state index in [-0.39, 0.29) is 5.82 Å². The van der Waals surface area contributed by atoms with Gasteiger partial charge in [0.15, 0.2) is 0 Å². The highest BCUT2D eigenvalue weighted by Crippen LogP contribution is 2.41. The van der Waals surface area contributed by atoms with E-state index >= 15 is 0 Å². The van der Waals surface area contributed by atoms with Crippen molar-refractivity contribution in [2.75, 3.05) is 0 Å². The average molecular weight is 523 g/mol. The predicted molar refractivity (Wildman–Crippen MR) is 158 cm³/mol. The highest BCUT2D eigenvalue weighted by atomic mass is 32.1. The summed E-state index contributed by atoms with van der Waals surface area (Å²) in [5, 5.41) is 4.62. The molecule has 0 aliphatic rings. The number of nitrogens with zero attached hydrogens (tertiary/aromatic N) is 4. The van der Waals surface area contributed by atoms with Crippen LogP contribution in [-0.4, -0.2) is 18.3 Å². The Morgan fingerprint density at radius 3 is 1.87 bits per heavy atom. The van der Waals surface area contributed by atoms with Gasteiger partial charge in [-0.05, 0) is 46.7 Å². The van der Waals surface area contributed by atoms with Gasteiger partial charge in [-0.15, -0.1) is 0 Å².